The Kier molecular flexibility index (Phi) is 4.62. The minimum atomic E-state index is -0.603. The van der Waals surface area contributed by atoms with Gasteiger partial charge in [-0.15, -0.1) is 21.5 Å². The minimum Gasteiger partial charge on any atom is -0.496 e. The fraction of sp³-hybridized carbons (Fsp3) is 0.308. The van der Waals surface area contributed by atoms with Crippen LogP contribution < -0.4 is 10.1 Å². The zero-order valence-corrected chi connectivity index (χ0v) is 12.0. The van der Waals surface area contributed by atoms with Crippen molar-refractivity contribution in [3.8, 4) is 5.75 Å². The van der Waals surface area contributed by atoms with Crippen LogP contribution in [0.3, 0.4) is 0 Å². The second-order valence-corrected chi connectivity index (χ2v) is 5.30. The summed E-state index contributed by atoms with van der Waals surface area (Å²) >= 11 is 1.47. The first kappa shape index (κ1) is 14.4. The van der Waals surface area contributed by atoms with Gasteiger partial charge in [0.15, 0.2) is 0 Å². The van der Waals surface area contributed by atoms with Gasteiger partial charge in [0.05, 0.1) is 7.11 Å². The maximum Gasteiger partial charge on any atom is 0.258 e. The van der Waals surface area contributed by atoms with E-state index in [1.807, 2.05) is 6.92 Å². The molecule has 1 aromatic carbocycles. The van der Waals surface area contributed by atoms with E-state index in [-0.39, 0.29) is 11.3 Å². The van der Waals surface area contributed by atoms with Crippen LogP contribution in [0.4, 0.5) is 4.39 Å². The van der Waals surface area contributed by atoms with E-state index in [1.54, 1.807) is 6.07 Å². The number of methoxy groups -OCH3 is 1. The molecule has 0 saturated carbocycles. The number of rotatable bonds is 5. The molecule has 0 unspecified atom stereocenters. The summed E-state index contributed by atoms with van der Waals surface area (Å²) in [6.07, 6.45) is 0.564. The van der Waals surface area contributed by atoms with E-state index in [2.05, 4.69) is 15.5 Å². The molecule has 1 aromatic heterocycles. The SMILES string of the molecule is COc1cccc(F)c1C(=O)NCCc1nnc(C)s1. The van der Waals surface area contributed by atoms with Gasteiger partial charge in [0, 0.05) is 13.0 Å². The van der Waals surface area contributed by atoms with Gasteiger partial charge in [0.1, 0.15) is 27.1 Å². The summed E-state index contributed by atoms with van der Waals surface area (Å²) in [5, 5.41) is 12.2. The van der Waals surface area contributed by atoms with Gasteiger partial charge in [-0.1, -0.05) is 6.07 Å². The zero-order valence-electron chi connectivity index (χ0n) is 11.1. The molecule has 20 heavy (non-hydrogen) atoms. The molecule has 0 radical (unpaired) electrons. The Balaban J connectivity index is 1.98. The lowest BCUT2D eigenvalue weighted by molar-refractivity contribution is 0.0947. The van der Waals surface area contributed by atoms with Crippen molar-refractivity contribution >= 4 is 17.2 Å². The Morgan fingerprint density at radius 1 is 1.45 bits per heavy atom. The Morgan fingerprint density at radius 2 is 2.25 bits per heavy atom. The van der Waals surface area contributed by atoms with Gasteiger partial charge in [-0.2, -0.15) is 0 Å². The number of ether oxygens (including phenoxy) is 1. The molecule has 106 valence electrons. The Labute approximate surface area is 119 Å². The lowest BCUT2D eigenvalue weighted by Gasteiger charge is -2.09. The van der Waals surface area contributed by atoms with Gasteiger partial charge in [-0.05, 0) is 19.1 Å². The maximum absolute atomic E-state index is 13.7. The Morgan fingerprint density at radius 3 is 2.90 bits per heavy atom. The average molecular weight is 295 g/mol. The highest BCUT2D eigenvalue weighted by Gasteiger charge is 2.17. The molecule has 0 atom stereocenters. The standard InChI is InChI=1S/C13H14FN3O2S/c1-8-16-17-11(20-8)6-7-15-13(18)12-9(14)4-3-5-10(12)19-2/h3-5H,6-7H2,1-2H3,(H,15,18). The monoisotopic (exact) mass is 295 g/mol. The second-order valence-electron chi connectivity index (χ2n) is 4.04. The molecular formula is C13H14FN3O2S. The second kappa shape index (κ2) is 6.42. The van der Waals surface area contributed by atoms with Crippen LogP contribution in [-0.4, -0.2) is 29.8 Å². The van der Waals surface area contributed by atoms with Gasteiger partial charge >= 0.3 is 0 Å². The topological polar surface area (TPSA) is 64.1 Å². The molecule has 5 nitrogen and oxygen atoms in total. The molecule has 0 spiro atoms. The first-order valence-electron chi connectivity index (χ1n) is 6.01. The quantitative estimate of drug-likeness (QED) is 0.916. The summed E-state index contributed by atoms with van der Waals surface area (Å²) in [5.74, 6) is -0.885. The van der Waals surface area contributed by atoms with E-state index in [4.69, 9.17) is 4.74 Å². The molecule has 0 aliphatic rings. The van der Waals surface area contributed by atoms with Crippen LogP contribution in [0.1, 0.15) is 20.4 Å². The predicted octanol–water partition coefficient (Wildman–Crippen LogP) is 1.97. The van der Waals surface area contributed by atoms with Crippen molar-refractivity contribution in [1.29, 1.82) is 0 Å². The third-order valence-corrected chi connectivity index (χ3v) is 3.51. The molecule has 0 bridgehead atoms. The van der Waals surface area contributed by atoms with Crippen LogP contribution in [0.15, 0.2) is 18.2 Å². The summed E-state index contributed by atoms with van der Waals surface area (Å²) in [4.78, 5) is 12.0. The molecule has 7 heteroatoms. The number of aromatic nitrogens is 2. The third-order valence-electron chi connectivity index (χ3n) is 2.61. The predicted molar refractivity (Wildman–Crippen MR) is 73.6 cm³/mol. The molecule has 0 saturated heterocycles. The largest absolute Gasteiger partial charge is 0.496 e. The van der Waals surface area contributed by atoms with Crippen LogP contribution >= 0.6 is 11.3 Å². The van der Waals surface area contributed by atoms with E-state index in [9.17, 15) is 9.18 Å². The van der Waals surface area contributed by atoms with Crippen LogP contribution in [-0.2, 0) is 6.42 Å². The number of hydrogen-bond acceptors (Lipinski definition) is 5. The first-order chi connectivity index (χ1) is 9.61. The number of nitrogens with one attached hydrogen (secondary N) is 1. The van der Waals surface area contributed by atoms with Crippen molar-refractivity contribution in [3.63, 3.8) is 0 Å². The van der Waals surface area contributed by atoms with Crippen molar-refractivity contribution in [2.24, 2.45) is 0 Å². The van der Waals surface area contributed by atoms with E-state index in [0.717, 1.165) is 10.0 Å². The lowest BCUT2D eigenvalue weighted by Crippen LogP contribution is -2.27. The zero-order chi connectivity index (χ0) is 14.5. The van der Waals surface area contributed by atoms with Crippen molar-refractivity contribution in [2.75, 3.05) is 13.7 Å². The summed E-state index contributed by atoms with van der Waals surface area (Å²) in [7, 11) is 1.40. The van der Waals surface area contributed by atoms with Gasteiger partial charge in [-0.3, -0.25) is 4.79 Å². The maximum atomic E-state index is 13.7. The fourth-order valence-corrected chi connectivity index (χ4v) is 2.41. The molecule has 1 N–H and O–H groups in total. The Bertz CT molecular complexity index is 615. The molecule has 2 aromatic rings. The summed E-state index contributed by atoms with van der Waals surface area (Å²) in [6, 6.07) is 4.27. The molecule has 0 fully saturated rings. The van der Waals surface area contributed by atoms with Gasteiger partial charge < -0.3 is 10.1 Å². The highest BCUT2D eigenvalue weighted by atomic mass is 32.1. The number of halogens is 1. The van der Waals surface area contributed by atoms with Gasteiger partial charge in [0.25, 0.3) is 5.91 Å². The number of carbonyl (C=O) groups is 1. The molecular weight excluding hydrogens is 281 g/mol. The van der Waals surface area contributed by atoms with Crippen molar-refractivity contribution in [1.82, 2.24) is 15.5 Å². The van der Waals surface area contributed by atoms with Crippen LogP contribution in [0, 0.1) is 12.7 Å². The van der Waals surface area contributed by atoms with Gasteiger partial charge in [0.2, 0.25) is 0 Å². The van der Waals surface area contributed by atoms with Gasteiger partial charge in [-0.25, -0.2) is 4.39 Å². The Hall–Kier alpha value is -2.02. The molecule has 0 aliphatic carbocycles. The van der Waals surface area contributed by atoms with Crippen molar-refractivity contribution in [2.45, 2.75) is 13.3 Å². The number of hydrogen-bond donors (Lipinski definition) is 1. The fourth-order valence-electron chi connectivity index (χ4n) is 1.70. The van der Waals surface area contributed by atoms with E-state index in [0.29, 0.717) is 13.0 Å². The number of aryl methyl sites for hydroxylation is 1. The van der Waals surface area contributed by atoms with E-state index in [1.165, 1.54) is 30.6 Å². The number of carbonyl (C=O) groups excluding carboxylic acids is 1. The molecule has 1 heterocycles. The first-order valence-corrected chi connectivity index (χ1v) is 6.83. The minimum absolute atomic E-state index is 0.0801. The average Bonchev–Trinajstić information content (AvgIpc) is 2.83. The van der Waals surface area contributed by atoms with Crippen molar-refractivity contribution in [3.05, 3.63) is 39.6 Å². The number of amides is 1. The normalized spacial score (nSPS) is 10.3. The number of nitrogens with zero attached hydrogens (tertiary/aromatic N) is 2. The van der Waals surface area contributed by atoms with Crippen LogP contribution in [0.5, 0.6) is 5.75 Å². The molecule has 0 aliphatic heterocycles. The van der Waals surface area contributed by atoms with Crippen molar-refractivity contribution < 1.29 is 13.9 Å². The summed E-state index contributed by atoms with van der Waals surface area (Å²) in [5.41, 5.74) is -0.0801. The lowest BCUT2D eigenvalue weighted by atomic mass is 10.1. The highest BCUT2D eigenvalue weighted by molar-refractivity contribution is 7.11. The highest BCUT2D eigenvalue weighted by Crippen LogP contribution is 2.20. The van der Waals surface area contributed by atoms with Crippen LogP contribution in [0.25, 0.3) is 0 Å². The number of benzene rings is 1. The van der Waals surface area contributed by atoms with Crippen LogP contribution in [0.2, 0.25) is 0 Å². The molecule has 2 rings (SSSR count). The smallest absolute Gasteiger partial charge is 0.258 e. The van der Waals surface area contributed by atoms with E-state index < -0.39 is 11.7 Å². The molecule has 1 amide bonds. The van der Waals surface area contributed by atoms with E-state index >= 15 is 0 Å². The summed E-state index contributed by atoms with van der Waals surface area (Å²) < 4.78 is 18.7. The third kappa shape index (κ3) is 3.30. The summed E-state index contributed by atoms with van der Waals surface area (Å²) in [6.45, 7) is 2.23.